The summed E-state index contributed by atoms with van der Waals surface area (Å²) in [6, 6.07) is 0. The van der Waals surface area contributed by atoms with Crippen LogP contribution in [0, 0.1) is 17.3 Å². The zero-order valence-corrected chi connectivity index (χ0v) is 9.93. The molecule has 0 N–H and O–H groups in total. The topological polar surface area (TPSA) is 26.3 Å². The molecule has 0 radical (unpaired) electrons. The monoisotopic (exact) mass is 208 g/mol. The van der Waals surface area contributed by atoms with Crippen molar-refractivity contribution < 1.29 is 9.53 Å². The predicted octanol–water partition coefficient (Wildman–Crippen LogP) is 2.56. The SMILES string of the molecule is CC(C)(C)C#CCC(=O)CC1CCCO1. The van der Waals surface area contributed by atoms with Gasteiger partial charge in [0.15, 0.2) is 0 Å². The van der Waals surface area contributed by atoms with Crippen molar-refractivity contribution >= 4 is 5.78 Å². The quantitative estimate of drug-likeness (QED) is 0.666. The van der Waals surface area contributed by atoms with E-state index in [9.17, 15) is 4.79 Å². The van der Waals surface area contributed by atoms with Crippen molar-refractivity contribution in [3.8, 4) is 11.8 Å². The van der Waals surface area contributed by atoms with Crippen molar-refractivity contribution in [3.63, 3.8) is 0 Å². The average molecular weight is 208 g/mol. The molecular weight excluding hydrogens is 188 g/mol. The van der Waals surface area contributed by atoms with E-state index in [1.54, 1.807) is 0 Å². The van der Waals surface area contributed by atoms with Gasteiger partial charge in [-0.15, -0.1) is 0 Å². The summed E-state index contributed by atoms with van der Waals surface area (Å²) in [7, 11) is 0. The fraction of sp³-hybridized carbons (Fsp3) is 0.769. The van der Waals surface area contributed by atoms with Crippen molar-refractivity contribution in [1.82, 2.24) is 0 Å². The number of carbonyl (C=O) groups is 1. The van der Waals surface area contributed by atoms with Gasteiger partial charge in [-0.2, -0.15) is 0 Å². The maximum Gasteiger partial charge on any atom is 0.147 e. The second kappa shape index (κ2) is 5.32. The summed E-state index contributed by atoms with van der Waals surface area (Å²) in [5.74, 6) is 6.22. The Kier molecular flexibility index (Phi) is 4.35. The Morgan fingerprint density at radius 2 is 2.20 bits per heavy atom. The summed E-state index contributed by atoms with van der Waals surface area (Å²) >= 11 is 0. The van der Waals surface area contributed by atoms with Crippen LogP contribution in [0.5, 0.6) is 0 Å². The molecule has 1 fully saturated rings. The van der Waals surface area contributed by atoms with E-state index >= 15 is 0 Å². The van der Waals surface area contributed by atoms with Gasteiger partial charge < -0.3 is 4.74 Å². The van der Waals surface area contributed by atoms with E-state index in [1.807, 2.05) is 20.8 Å². The maximum atomic E-state index is 11.5. The fourth-order valence-electron chi connectivity index (χ4n) is 1.54. The summed E-state index contributed by atoms with van der Waals surface area (Å²) in [4.78, 5) is 11.5. The van der Waals surface area contributed by atoms with E-state index in [-0.39, 0.29) is 17.3 Å². The second-order valence-electron chi connectivity index (χ2n) is 5.11. The van der Waals surface area contributed by atoms with Crippen LogP contribution < -0.4 is 0 Å². The molecule has 1 saturated heterocycles. The van der Waals surface area contributed by atoms with Gasteiger partial charge in [-0.3, -0.25) is 4.79 Å². The minimum absolute atomic E-state index is 0.00978. The molecule has 1 aliphatic heterocycles. The van der Waals surface area contributed by atoms with Gasteiger partial charge in [0.1, 0.15) is 5.78 Å². The molecule has 1 rings (SSSR count). The highest BCUT2D eigenvalue weighted by Crippen LogP contribution is 2.16. The zero-order chi connectivity index (χ0) is 11.3. The van der Waals surface area contributed by atoms with Gasteiger partial charge >= 0.3 is 0 Å². The molecule has 0 spiro atoms. The number of ketones is 1. The Labute approximate surface area is 92.4 Å². The van der Waals surface area contributed by atoms with Crippen molar-refractivity contribution in [2.45, 2.75) is 52.6 Å². The Balaban J connectivity index is 2.26. The van der Waals surface area contributed by atoms with Crippen LogP contribution in [-0.4, -0.2) is 18.5 Å². The summed E-state index contributed by atoms with van der Waals surface area (Å²) in [5, 5.41) is 0. The first kappa shape index (κ1) is 12.3. The number of hydrogen-bond acceptors (Lipinski definition) is 2. The third-order valence-corrected chi connectivity index (χ3v) is 2.23. The molecular formula is C13H20O2. The Morgan fingerprint density at radius 1 is 1.47 bits per heavy atom. The largest absolute Gasteiger partial charge is 0.378 e. The predicted molar refractivity (Wildman–Crippen MR) is 60.4 cm³/mol. The van der Waals surface area contributed by atoms with Gasteiger partial charge in [-0.25, -0.2) is 0 Å². The molecule has 0 amide bonds. The first-order chi connectivity index (χ1) is 6.97. The van der Waals surface area contributed by atoms with Gasteiger partial charge in [0.2, 0.25) is 0 Å². The van der Waals surface area contributed by atoms with Crippen molar-refractivity contribution in [2.24, 2.45) is 5.41 Å². The highest BCUT2D eigenvalue weighted by Gasteiger charge is 2.18. The van der Waals surface area contributed by atoms with Gasteiger partial charge in [0.05, 0.1) is 12.5 Å². The molecule has 0 saturated carbocycles. The molecule has 84 valence electrons. The Hall–Kier alpha value is -0.810. The van der Waals surface area contributed by atoms with Crippen LogP contribution in [0.25, 0.3) is 0 Å². The number of Topliss-reactive ketones (excluding diaryl/α,β-unsaturated/α-hetero) is 1. The molecule has 15 heavy (non-hydrogen) atoms. The minimum atomic E-state index is -0.00978. The molecule has 0 aliphatic carbocycles. The fourth-order valence-corrected chi connectivity index (χ4v) is 1.54. The summed E-state index contributed by atoms with van der Waals surface area (Å²) in [6.07, 6.45) is 3.19. The van der Waals surface area contributed by atoms with E-state index in [2.05, 4.69) is 11.8 Å². The highest BCUT2D eigenvalue weighted by atomic mass is 16.5. The molecule has 1 heterocycles. The lowest BCUT2D eigenvalue weighted by Gasteiger charge is -2.07. The number of carbonyl (C=O) groups excluding carboxylic acids is 1. The molecule has 1 unspecified atom stereocenters. The molecule has 1 aliphatic rings. The molecule has 0 aromatic rings. The molecule has 0 aromatic carbocycles. The van der Waals surface area contributed by atoms with Crippen molar-refractivity contribution in [2.75, 3.05) is 6.61 Å². The summed E-state index contributed by atoms with van der Waals surface area (Å²) in [6.45, 7) is 6.95. The smallest absolute Gasteiger partial charge is 0.147 e. The van der Waals surface area contributed by atoms with Crippen LogP contribution in [0.2, 0.25) is 0 Å². The number of ether oxygens (including phenoxy) is 1. The van der Waals surface area contributed by atoms with E-state index < -0.39 is 0 Å². The van der Waals surface area contributed by atoms with E-state index in [4.69, 9.17) is 4.74 Å². The standard InChI is InChI=1S/C13H20O2/c1-13(2,3)8-4-6-11(14)10-12-7-5-9-15-12/h12H,5-7,9-10H2,1-3H3. The number of hydrogen-bond donors (Lipinski definition) is 0. The van der Waals surface area contributed by atoms with Crippen LogP contribution in [-0.2, 0) is 9.53 Å². The highest BCUT2D eigenvalue weighted by molar-refractivity contribution is 5.81. The van der Waals surface area contributed by atoms with E-state index in [1.165, 1.54) is 0 Å². The number of rotatable bonds is 3. The lowest BCUT2D eigenvalue weighted by Crippen LogP contribution is -2.11. The van der Waals surface area contributed by atoms with Gasteiger partial charge in [-0.05, 0) is 33.6 Å². The van der Waals surface area contributed by atoms with Crippen LogP contribution in [0.1, 0.15) is 46.5 Å². The minimum Gasteiger partial charge on any atom is -0.378 e. The Morgan fingerprint density at radius 3 is 2.73 bits per heavy atom. The van der Waals surface area contributed by atoms with Crippen LogP contribution in [0.15, 0.2) is 0 Å². The van der Waals surface area contributed by atoms with Gasteiger partial charge in [0, 0.05) is 18.4 Å². The molecule has 1 atom stereocenters. The second-order valence-corrected chi connectivity index (χ2v) is 5.11. The molecule has 0 bridgehead atoms. The first-order valence-corrected chi connectivity index (χ1v) is 5.61. The zero-order valence-electron chi connectivity index (χ0n) is 9.93. The lowest BCUT2D eigenvalue weighted by atomic mass is 9.97. The van der Waals surface area contributed by atoms with Crippen molar-refractivity contribution in [3.05, 3.63) is 0 Å². The summed E-state index contributed by atoms with van der Waals surface area (Å²) < 4.78 is 5.40. The summed E-state index contributed by atoms with van der Waals surface area (Å²) in [5.41, 5.74) is -0.00978. The van der Waals surface area contributed by atoms with Crippen LogP contribution >= 0.6 is 0 Å². The molecule has 0 aromatic heterocycles. The molecule has 2 heteroatoms. The van der Waals surface area contributed by atoms with Crippen molar-refractivity contribution in [1.29, 1.82) is 0 Å². The third kappa shape index (κ3) is 5.59. The maximum absolute atomic E-state index is 11.5. The van der Waals surface area contributed by atoms with Crippen LogP contribution in [0.4, 0.5) is 0 Å². The van der Waals surface area contributed by atoms with Gasteiger partial charge in [0.25, 0.3) is 0 Å². The normalized spacial score (nSPS) is 20.9. The lowest BCUT2D eigenvalue weighted by molar-refractivity contribution is -0.120. The first-order valence-electron chi connectivity index (χ1n) is 5.61. The average Bonchev–Trinajstić information content (AvgIpc) is 2.54. The van der Waals surface area contributed by atoms with Gasteiger partial charge in [-0.1, -0.05) is 11.8 Å². The van der Waals surface area contributed by atoms with E-state index in [0.29, 0.717) is 12.8 Å². The third-order valence-electron chi connectivity index (χ3n) is 2.23. The molecule has 2 nitrogen and oxygen atoms in total. The van der Waals surface area contributed by atoms with Crippen LogP contribution in [0.3, 0.4) is 0 Å². The van der Waals surface area contributed by atoms with E-state index in [0.717, 1.165) is 19.4 Å². The Bertz CT molecular complexity index is 269.